The fraction of sp³-hybridized carbons (Fsp3) is 0.429. The van der Waals surface area contributed by atoms with E-state index in [2.05, 4.69) is 15.5 Å². The summed E-state index contributed by atoms with van der Waals surface area (Å²) < 4.78 is 13.3. The number of hydrogen-bond donors (Lipinski definition) is 2. The van der Waals surface area contributed by atoms with Crippen LogP contribution in [0.1, 0.15) is 25.7 Å². The van der Waals surface area contributed by atoms with E-state index in [4.69, 9.17) is 0 Å². The van der Waals surface area contributed by atoms with Gasteiger partial charge in [0.25, 0.3) is 0 Å². The zero-order valence-corrected chi connectivity index (χ0v) is 10.5. The van der Waals surface area contributed by atoms with E-state index in [1.165, 1.54) is 0 Å². The molecular weight excluding hydrogens is 245 g/mol. The summed E-state index contributed by atoms with van der Waals surface area (Å²) in [4.78, 5) is 12.1. The second-order valence-corrected chi connectivity index (χ2v) is 5.12. The van der Waals surface area contributed by atoms with Gasteiger partial charge in [0.1, 0.15) is 6.17 Å². The Bertz CT molecular complexity index is 595. The third-order valence-corrected chi connectivity index (χ3v) is 3.69. The van der Waals surface area contributed by atoms with Crippen LogP contribution < -0.4 is 5.32 Å². The third kappa shape index (κ3) is 2.59. The SMILES string of the molecule is O=C(Nc1ccc2cn[nH]c2c1)C1CCCC(F)C1. The van der Waals surface area contributed by atoms with Crippen LogP contribution in [0.3, 0.4) is 0 Å². The standard InChI is InChI=1S/C14H16FN3O/c15-11-3-1-2-9(6-11)14(19)17-12-5-4-10-8-16-18-13(10)7-12/h4-5,7-9,11H,1-3,6H2,(H,16,18)(H,17,19). The minimum atomic E-state index is -0.834. The van der Waals surface area contributed by atoms with Gasteiger partial charge in [-0.2, -0.15) is 5.10 Å². The van der Waals surface area contributed by atoms with Crippen molar-refractivity contribution in [1.82, 2.24) is 10.2 Å². The van der Waals surface area contributed by atoms with E-state index < -0.39 is 6.17 Å². The number of benzene rings is 1. The summed E-state index contributed by atoms with van der Waals surface area (Å²) in [6.07, 6.45) is 3.40. The van der Waals surface area contributed by atoms with Crippen molar-refractivity contribution < 1.29 is 9.18 Å². The van der Waals surface area contributed by atoms with Gasteiger partial charge in [0.2, 0.25) is 5.91 Å². The molecule has 19 heavy (non-hydrogen) atoms. The number of H-pyrrole nitrogens is 1. The van der Waals surface area contributed by atoms with E-state index in [0.29, 0.717) is 12.8 Å². The minimum absolute atomic E-state index is 0.0822. The summed E-state index contributed by atoms with van der Waals surface area (Å²) in [6, 6.07) is 5.58. The van der Waals surface area contributed by atoms with Crippen molar-refractivity contribution in [3.8, 4) is 0 Å². The van der Waals surface area contributed by atoms with Crippen molar-refractivity contribution in [2.45, 2.75) is 31.9 Å². The van der Waals surface area contributed by atoms with E-state index in [1.54, 1.807) is 6.20 Å². The first-order chi connectivity index (χ1) is 9.22. The Labute approximate surface area is 110 Å². The number of anilines is 1. The summed E-state index contributed by atoms with van der Waals surface area (Å²) in [5.74, 6) is -0.289. The molecule has 0 radical (unpaired) electrons. The predicted octanol–water partition coefficient (Wildman–Crippen LogP) is 3.03. The van der Waals surface area contributed by atoms with Crippen molar-refractivity contribution in [3.05, 3.63) is 24.4 Å². The van der Waals surface area contributed by atoms with Gasteiger partial charge in [0.05, 0.1) is 11.7 Å². The molecule has 1 fully saturated rings. The first-order valence-corrected chi connectivity index (χ1v) is 6.60. The highest BCUT2D eigenvalue weighted by molar-refractivity contribution is 5.94. The zero-order valence-electron chi connectivity index (χ0n) is 10.5. The van der Waals surface area contributed by atoms with Crippen LogP contribution in [-0.2, 0) is 4.79 Å². The number of aromatic nitrogens is 2. The number of carbonyl (C=O) groups excluding carboxylic acids is 1. The average molecular weight is 261 g/mol. The van der Waals surface area contributed by atoms with Crippen molar-refractivity contribution >= 4 is 22.5 Å². The summed E-state index contributed by atoms with van der Waals surface area (Å²) in [6.45, 7) is 0. The molecule has 1 aromatic heterocycles. The predicted molar refractivity (Wildman–Crippen MR) is 71.6 cm³/mol. The van der Waals surface area contributed by atoms with Gasteiger partial charge in [-0.15, -0.1) is 0 Å². The lowest BCUT2D eigenvalue weighted by Gasteiger charge is -2.23. The Hall–Kier alpha value is -1.91. The van der Waals surface area contributed by atoms with Crippen molar-refractivity contribution in [2.75, 3.05) is 5.32 Å². The monoisotopic (exact) mass is 261 g/mol. The largest absolute Gasteiger partial charge is 0.326 e. The smallest absolute Gasteiger partial charge is 0.227 e. The van der Waals surface area contributed by atoms with E-state index >= 15 is 0 Å². The molecule has 2 unspecified atom stereocenters. The molecule has 2 atom stereocenters. The fourth-order valence-electron chi connectivity index (χ4n) is 2.63. The number of halogens is 1. The zero-order chi connectivity index (χ0) is 13.2. The first kappa shape index (κ1) is 12.1. The molecule has 2 N–H and O–H groups in total. The second kappa shape index (κ2) is 4.99. The molecule has 2 aromatic rings. The Morgan fingerprint density at radius 3 is 3.16 bits per heavy atom. The molecule has 5 heteroatoms. The molecule has 3 rings (SSSR count). The first-order valence-electron chi connectivity index (χ1n) is 6.60. The summed E-state index contributed by atoms with van der Waals surface area (Å²) >= 11 is 0. The van der Waals surface area contributed by atoms with Crippen LogP contribution in [0.4, 0.5) is 10.1 Å². The van der Waals surface area contributed by atoms with Crippen molar-refractivity contribution in [3.63, 3.8) is 0 Å². The number of aromatic amines is 1. The van der Waals surface area contributed by atoms with Crippen LogP contribution in [0.25, 0.3) is 10.9 Å². The van der Waals surface area contributed by atoms with Crippen LogP contribution in [0, 0.1) is 5.92 Å². The summed E-state index contributed by atoms with van der Waals surface area (Å²) in [5.41, 5.74) is 1.60. The second-order valence-electron chi connectivity index (χ2n) is 5.12. The van der Waals surface area contributed by atoms with Crippen LogP contribution in [0.15, 0.2) is 24.4 Å². The molecule has 1 aliphatic rings. The van der Waals surface area contributed by atoms with Gasteiger partial charge in [-0.1, -0.05) is 0 Å². The number of carbonyl (C=O) groups is 1. The Morgan fingerprint density at radius 1 is 1.42 bits per heavy atom. The van der Waals surface area contributed by atoms with Gasteiger partial charge in [0, 0.05) is 17.0 Å². The number of alkyl halides is 1. The molecule has 1 aliphatic carbocycles. The van der Waals surface area contributed by atoms with Gasteiger partial charge in [-0.25, -0.2) is 4.39 Å². The van der Waals surface area contributed by atoms with E-state index in [-0.39, 0.29) is 11.8 Å². The number of fused-ring (bicyclic) bond motifs is 1. The number of nitrogens with one attached hydrogen (secondary N) is 2. The Balaban J connectivity index is 1.71. The fourth-order valence-corrected chi connectivity index (χ4v) is 2.63. The molecule has 1 aromatic carbocycles. The van der Waals surface area contributed by atoms with E-state index in [9.17, 15) is 9.18 Å². The Morgan fingerprint density at radius 2 is 2.32 bits per heavy atom. The maximum atomic E-state index is 13.3. The van der Waals surface area contributed by atoms with E-state index in [0.717, 1.165) is 29.4 Å². The van der Waals surface area contributed by atoms with Gasteiger partial charge >= 0.3 is 0 Å². The average Bonchev–Trinajstić information content (AvgIpc) is 2.86. The maximum Gasteiger partial charge on any atom is 0.227 e. The lowest BCUT2D eigenvalue weighted by Crippen LogP contribution is -2.28. The topological polar surface area (TPSA) is 57.8 Å². The van der Waals surface area contributed by atoms with Crippen LogP contribution >= 0.6 is 0 Å². The normalized spacial score (nSPS) is 23.4. The Kier molecular flexibility index (Phi) is 3.19. The number of rotatable bonds is 2. The molecule has 0 spiro atoms. The quantitative estimate of drug-likeness (QED) is 0.873. The molecule has 1 saturated carbocycles. The molecule has 0 saturated heterocycles. The highest BCUT2D eigenvalue weighted by atomic mass is 19.1. The van der Waals surface area contributed by atoms with Crippen molar-refractivity contribution in [2.24, 2.45) is 5.92 Å². The number of amides is 1. The number of nitrogens with zero attached hydrogens (tertiary/aromatic N) is 1. The highest BCUT2D eigenvalue weighted by Gasteiger charge is 2.27. The lowest BCUT2D eigenvalue weighted by atomic mass is 9.87. The van der Waals surface area contributed by atoms with Crippen LogP contribution in [0.2, 0.25) is 0 Å². The molecule has 100 valence electrons. The molecular formula is C14H16FN3O. The van der Waals surface area contributed by atoms with Gasteiger partial charge in [-0.05, 0) is 43.9 Å². The molecule has 1 heterocycles. The van der Waals surface area contributed by atoms with Gasteiger partial charge in [0.15, 0.2) is 0 Å². The molecule has 0 aliphatic heterocycles. The number of hydrogen-bond acceptors (Lipinski definition) is 2. The third-order valence-electron chi connectivity index (χ3n) is 3.69. The van der Waals surface area contributed by atoms with Crippen molar-refractivity contribution in [1.29, 1.82) is 0 Å². The molecule has 1 amide bonds. The maximum absolute atomic E-state index is 13.3. The molecule has 0 bridgehead atoms. The summed E-state index contributed by atoms with van der Waals surface area (Å²) in [5, 5.41) is 10.7. The lowest BCUT2D eigenvalue weighted by molar-refractivity contribution is -0.121. The van der Waals surface area contributed by atoms with Crippen LogP contribution in [0.5, 0.6) is 0 Å². The summed E-state index contributed by atoms with van der Waals surface area (Å²) in [7, 11) is 0. The van der Waals surface area contributed by atoms with Gasteiger partial charge in [-0.3, -0.25) is 9.89 Å². The molecule has 4 nitrogen and oxygen atoms in total. The minimum Gasteiger partial charge on any atom is -0.326 e. The van der Waals surface area contributed by atoms with E-state index in [1.807, 2.05) is 18.2 Å². The van der Waals surface area contributed by atoms with Crippen LogP contribution in [-0.4, -0.2) is 22.3 Å². The highest BCUT2D eigenvalue weighted by Crippen LogP contribution is 2.27. The van der Waals surface area contributed by atoms with Gasteiger partial charge < -0.3 is 5.32 Å².